The van der Waals surface area contributed by atoms with Gasteiger partial charge in [-0.15, -0.1) is 0 Å². The third-order valence-corrected chi connectivity index (χ3v) is 5.38. The van der Waals surface area contributed by atoms with Crippen molar-refractivity contribution in [1.82, 2.24) is 5.32 Å². The number of hydrogen-bond donors (Lipinski definition) is 1. The highest BCUT2D eigenvalue weighted by atomic mass is 16.5. The van der Waals surface area contributed by atoms with Gasteiger partial charge in [-0.3, -0.25) is 9.59 Å². The zero-order valence-electron chi connectivity index (χ0n) is 19.2. The molecular weight excluding hydrogens is 408 g/mol. The Kier molecular flexibility index (Phi) is 7.98. The molecule has 2 atom stereocenters. The molecule has 0 radical (unpaired) electrons. The smallest absolute Gasteiger partial charge is 0.227 e. The van der Waals surface area contributed by atoms with E-state index in [4.69, 9.17) is 14.2 Å². The first-order valence-electron chi connectivity index (χ1n) is 11.2. The van der Waals surface area contributed by atoms with Crippen LogP contribution in [0.4, 0.5) is 5.69 Å². The Balaban J connectivity index is 1.69. The molecule has 2 amide bonds. The Labute approximate surface area is 189 Å². The zero-order chi connectivity index (χ0) is 23.1. The molecule has 0 aliphatic carbocycles. The van der Waals surface area contributed by atoms with Crippen LogP contribution >= 0.6 is 0 Å². The molecule has 0 unspecified atom stereocenters. The van der Waals surface area contributed by atoms with E-state index in [1.54, 1.807) is 4.90 Å². The highest BCUT2D eigenvalue weighted by Gasteiger charge is 2.36. The van der Waals surface area contributed by atoms with E-state index in [-0.39, 0.29) is 24.3 Å². The summed E-state index contributed by atoms with van der Waals surface area (Å²) in [5, 5.41) is 3.05. The third kappa shape index (κ3) is 5.33. The molecule has 7 heteroatoms. The summed E-state index contributed by atoms with van der Waals surface area (Å²) < 4.78 is 17.0. The molecule has 172 valence electrons. The highest BCUT2D eigenvalue weighted by Crippen LogP contribution is 2.34. The van der Waals surface area contributed by atoms with E-state index < -0.39 is 5.92 Å². The topological polar surface area (TPSA) is 77.1 Å². The monoisotopic (exact) mass is 440 g/mol. The highest BCUT2D eigenvalue weighted by molar-refractivity contribution is 6.01. The second-order valence-corrected chi connectivity index (χ2v) is 7.61. The summed E-state index contributed by atoms with van der Waals surface area (Å²) in [6, 6.07) is 12.9. The Morgan fingerprint density at radius 3 is 2.38 bits per heavy atom. The van der Waals surface area contributed by atoms with Gasteiger partial charge in [0.25, 0.3) is 0 Å². The Morgan fingerprint density at radius 2 is 1.66 bits per heavy atom. The van der Waals surface area contributed by atoms with E-state index in [9.17, 15) is 9.59 Å². The van der Waals surface area contributed by atoms with Gasteiger partial charge in [-0.1, -0.05) is 18.2 Å². The van der Waals surface area contributed by atoms with Crippen LogP contribution in [0.15, 0.2) is 42.5 Å². The van der Waals surface area contributed by atoms with Crippen molar-refractivity contribution in [3.8, 4) is 17.2 Å². The molecule has 1 saturated heterocycles. The molecule has 0 saturated carbocycles. The van der Waals surface area contributed by atoms with Crippen molar-refractivity contribution < 1.29 is 23.8 Å². The summed E-state index contributed by atoms with van der Waals surface area (Å²) >= 11 is 0. The molecule has 0 bridgehead atoms. The minimum atomic E-state index is -0.423. The minimum Gasteiger partial charge on any atom is -0.492 e. The summed E-state index contributed by atoms with van der Waals surface area (Å²) in [4.78, 5) is 27.3. The average molecular weight is 441 g/mol. The predicted octanol–water partition coefficient (Wildman–Crippen LogP) is 4.11. The van der Waals surface area contributed by atoms with Crippen molar-refractivity contribution in [3.05, 3.63) is 48.0 Å². The van der Waals surface area contributed by atoms with Crippen molar-refractivity contribution in [2.45, 2.75) is 40.2 Å². The molecule has 32 heavy (non-hydrogen) atoms. The maximum absolute atomic E-state index is 13.0. The number of nitrogens with zero attached hydrogens (tertiary/aromatic N) is 1. The van der Waals surface area contributed by atoms with Gasteiger partial charge in [-0.25, -0.2) is 0 Å². The molecule has 1 heterocycles. The number of rotatable bonds is 10. The van der Waals surface area contributed by atoms with Crippen LogP contribution in [-0.4, -0.2) is 38.2 Å². The van der Waals surface area contributed by atoms with Crippen LogP contribution in [0.5, 0.6) is 17.2 Å². The number of hydrogen-bond acceptors (Lipinski definition) is 5. The van der Waals surface area contributed by atoms with Crippen molar-refractivity contribution in [2.75, 3.05) is 31.3 Å². The summed E-state index contributed by atoms with van der Waals surface area (Å²) in [7, 11) is 0. The van der Waals surface area contributed by atoms with Crippen LogP contribution < -0.4 is 24.4 Å². The first-order valence-corrected chi connectivity index (χ1v) is 11.2. The lowest BCUT2D eigenvalue weighted by molar-refractivity contribution is -0.126. The van der Waals surface area contributed by atoms with Gasteiger partial charge in [0.2, 0.25) is 11.8 Å². The molecule has 0 spiro atoms. The van der Waals surface area contributed by atoms with Gasteiger partial charge in [0.1, 0.15) is 5.75 Å². The van der Waals surface area contributed by atoms with Crippen molar-refractivity contribution >= 4 is 17.5 Å². The standard InChI is InChI=1S/C25H32N2O5/c1-5-30-21-11-9-8-10-20(21)27-16-19(15-24(27)28)25(29)26-17(4)18-12-13-22(31-6-2)23(14-18)32-7-3/h8-14,17,19H,5-7,15-16H2,1-4H3,(H,26,29)/t17-,19-/m1/s1. The molecule has 1 N–H and O–H groups in total. The van der Waals surface area contributed by atoms with Crippen LogP contribution in [0.25, 0.3) is 0 Å². The summed E-state index contributed by atoms with van der Waals surface area (Å²) in [5.41, 5.74) is 1.61. The quantitative estimate of drug-likeness (QED) is 0.602. The number of benzene rings is 2. The number of ether oxygens (including phenoxy) is 3. The lowest BCUT2D eigenvalue weighted by atomic mass is 10.0. The lowest BCUT2D eigenvalue weighted by Gasteiger charge is -2.21. The van der Waals surface area contributed by atoms with Gasteiger partial charge in [0, 0.05) is 13.0 Å². The molecule has 2 aromatic carbocycles. The maximum atomic E-state index is 13.0. The predicted molar refractivity (Wildman–Crippen MR) is 123 cm³/mol. The van der Waals surface area contributed by atoms with Gasteiger partial charge >= 0.3 is 0 Å². The molecule has 7 nitrogen and oxygen atoms in total. The Hall–Kier alpha value is -3.22. The van der Waals surface area contributed by atoms with E-state index in [1.807, 2.05) is 70.2 Å². The fourth-order valence-electron chi connectivity index (χ4n) is 3.83. The Morgan fingerprint density at radius 1 is 1.00 bits per heavy atom. The summed E-state index contributed by atoms with van der Waals surface area (Å²) in [6.07, 6.45) is 0.173. The molecule has 1 fully saturated rings. The van der Waals surface area contributed by atoms with Crippen molar-refractivity contribution in [3.63, 3.8) is 0 Å². The second kappa shape index (κ2) is 10.9. The lowest BCUT2D eigenvalue weighted by Crippen LogP contribution is -2.34. The molecule has 1 aliphatic heterocycles. The van der Waals surface area contributed by atoms with Crippen LogP contribution in [-0.2, 0) is 9.59 Å². The van der Waals surface area contributed by atoms with E-state index in [1.165, 1.54) is 0 Å². The number of carbonyl (C=O) groups is 2. The van der Waals surface area contributed by atoms with E-state index >= 15 is 0 Å². The first kappa shape index (κ1) is 23.4. The zero-order valence-corrected chi connectivity index (χ0v) is 19.2. The summed E-state index contributed by atoms with van der Waals surface area (Å²) in [5.74, 6) is 1.34. The fraction of sp³-hybridized carbons (Fsp3) is 0.440. The van der Waals surface area contributed by atoms with Crippen LogP contribution in [0.3, 0.4) is 0 Å². The number of carbonyl (C=O) groups excluding carboxylic acids is 2. The van der Waals surface area contributed by atoms with Gasteiger partial charge < -0.3 is 24.4 Å². The normalized spacial score (nSPS) is 16.6. The molecule has 1 aliphatic rings. The van der Waals surface area contributed by atoms with Gasteiger partial charge in [0.05, 0.1) is 37.5 Å². The fourth-order valence-corrected chi connectivity index (χ4v) is 3.83. The van der Waals surface area contributed by atoms with E-state index in [2.05, 4.69) is 5.32 Å². The second-order valence-electron chi connectivity index (χ2n) is 7.61. The number of nitrogens with one attached hydrogen (secondary N) is 1. The minimum absolute atomic E-state index is 0.0790. The van der Waals surface area contributed by atoms with Gasteiger partial charge in [0.15, 0.2) is 11.5 Å². The van der Waals surface area contributed by atoms with Crippen molar-refractivity contribution in [2.24, 2.45) is 5.92 Å². The number of amides is 2. The first-order chi connectivity index (χ1) is 15.5. The molecule has 0 aromatic heterocycles. The third-order valence-electron chi connectivity index (χ3n) is 5.38. The number of para-hydroxylation sites is 2. The van der Waals surface area contributed by atoms with Gasteiger partial charge in [-0.2, -0.15) is 0 Å². The Bertz CT molecular complexity index is 946. The largest absolute Gasteiger partial charge is 0.492 e. The van der Waals surface area contributed by atoms with Gasteiger partial charge in [-0.05, 0) is 57.5 Å². The maximum Gasteiger partial charge on any atom is 0.227 e. The van der Waals surface area contributed by atoms with Crippen LogP contribution in [0.2, 0.25) is 0 Å². The van der Waals surface area contributed by atoms with E-state index in [0.717, 1.165) is 5.56 Å². The molecule has 3 rings (SSSR count). The average Bonchev–Trinajstić information content (AvgIpc) is 3.17. The SMILES string of the molecule is CCOc1ccc([C@@H](C)NC(=O)[C@@H]2CC(=O)N(c3ccccc3OCC)C2)cc1OCC. The van der Waals surface area contributed by atoms with Crippen LogP contribution in [0, 0.1) is 5.92 Å². The van der Waals surface area contributed by atoms with Crippen molar-refractivity contribution in [1.29, 1.82) is 0 Å². The number of anilines is 1. The van der Waals surface area contributed by atoms with E-state index in [0.29, 0.717) is 49.3 Å². The summed E-state index contributed by atoms with van der Waals surface area (Å²) in [6.45, 7) is 9.56. The van der Waals surface area contributed by atoms with Crippen LogP contribution in [0.1, 0.15) is 45.7 Å². The molecule has 2 aromatic rings. The molecular formula is C25H32N2O5.